The molecule has 0 spiro atoms. The van der Waals surface area contributed by atoms with Crippen molar-refractivity contribution in [1.82, 2.24) is 25.1 Å². The molecule has 3 N–H and O–H groups in total. The second-order valence-electron chi connectivity index (χ2n) is 4.45. The van der Waals surface area contributed by atoms with Crippen molar-refractivity contribution in [1.29, 1.82) is 0 Å². The SMILES string of the molecule is NC(=O)c1ncc2[nH]ccc2n1.c1ccc2cnncc2c1. The third kappa shape index (κ3) is 2.88. The monoisotopic (exact) mass is 292 g/mol. The number of nitrogens with two attached hydrogens (primary N) is 1. The van der Waals surface area contributed by atoms with Gasteiger partial charge in [-0.1, -0.05) is 24.3 Å². The van der Waals surface area contributed by atoms with E-state index in [4.69, 9.17) is 5.73 Å². The molecule has 0 radical (unpaired) electrons. The van der Waals surface area contributed by atoms with Gasteiger partial charge in [-0.3, -0.25) is 4.79 Å². The number of carbonyl (C=O) groups is 1. The number of amides is 1. The Kier molecular flexibility index (Phi) is 3.69. The minimum atomic E-state index is -0.613. The quantitative estimate of drug-likeness (QED) is 0.554. The molecule has 108 valence electrons. The van der Waals surface area contributed by atoms with E-state index in [2.05, 4.69) is 25.1 Å². The van der Waals surface area contributed by atoms with Gasteiger partial charge < -0.3 is 10.7 Å². The fourth-order valence-electron chi connectivity index (χ4n) is 1.90. The molecule has 4 rings (SSSR count). The molecule has 1 amide bonds. The Bertz CT molecular complexity index is 868. The molecule has 0 atom stereocenters. The lowest BCUT2D eigenvalue weighted by Crippen LogP contribution is -2.14. The first kappa shape index (κ1) is 13.6. The van der Waals surface area contributed by atoms with E-state index in [0.29, 0.717) is 5.52 Å². The Hall–Kier alpha value is -3.35. The van der Waals surface area contributed by atoms with E-state index in [1.165, 1.54) is 6.20 Å². The van der Waals surface area contributed by atoms with Gasteiger partial charge in [0.05, 0.1) is 29.6 Å². The summed E-state index contributed by atoms with van der Waals surface area (Å²) >= 11 is 0. The van der Waals surface area contributed by atoms with Crippen LogP contribution in [0.25, 0.3) is 21.8 Å². The van der Waals surface area contributed by atoms with Crippen molar-refractivity contribution in [2.75, 3.05) is 0 Å². The average Bonchev–Trinajstić information content (AvgIpc) is 3.03. The molecule has 4 aromatic rings. The van der Waals surface area contributed by atoms with Gasteiger partial charge in [0.1, 0.15) is 0 Å². The van der Waals surface area contributed by atoms with Crippen molar-refractivity contribution in [3.05, 3.63) is 60.9 Å². The number of benzene rings is 1. The fourth-order valence-corrected chi connectivity index (χ4v) is 1.90. The fraction of sp³-hybridized carbons (Fsp3) is 0. The first-order chi connectivity index (χ1) is 10.7. The zero-order chi connectivity index (χ0) is 15.4. The van der Waals surface area contributed by atoms with Crippen molar-refractivity contribution in [2.24, 2.45) is 5.73 Å². The highest BCUT2D eigenvalue weighted by atomic mass is 16.1. The summed E-state index contributed by atoms with van der Waals surface area (Å²) in [6.07, 6.45) is 6.78. The molecule has 0 aliphatic carbocycles. The molecule has 3 aromatic heterocycles. The smallest absolute Gasteiger partial charge is 0.286 e. The number of hydrogen-bond acceptors (Lipinski definition) is 5. The van der Waals surface area contributed by atoms with E-state index < -0.39 is 5.91 Å². The van der Waals surface area contributed by atoms with Crippen LogP contribution in [-0.2, 0) is 0 Å². The van der Waals surface area contributed by atoms with E-state index in [-0.39, 0.29) is 5.82 Å². The summed E-state index contributed by atoms with van der Waals surface area (Å²) in [5, 5.41) is 9.80. The zero-order valence-corrected chi connectivity index (χ0v) is 11.5. The lowest BCUT2D eigenvalue weighted by molar-refractivity contribution is 0.0991. The van der Waals surface area contributed by atoms with Crippen LogP contribution in [0.1, 0.15) is 10.6 Å². The van der Waals surface area contributed by atoms with Gasteiger partial charge >= 0.3 is 0 Å². The summed E-state index contributed by atoms with van der Waals surface area (Å²) in [6.45, 7) is 0. The third-order valence-electron chi connectivity index (χ3n) is 2.97. The molecule has 7 heteroatoms. The van der Waals surface area contributed by atoms with Crippen LogP contribution in [-0.4, -0.2) is 31.1 Å². The lowest BCUT2D eigenvalue weighted by atomic mass is 10.2. The van der Waals surface area contributed by atoms with Crippen LogP contribution >= 0.6 is 0 Å². The molecular formula is C15H12N6O. The molecular weight excluding hydrogens is 280 g/mol. The van der Waals surface area contributed by atoms with Crippen LogP contribution in [0, 0.1) is 0 Å². The number of aromatic nitrogens is 5. The first-order valence-corrected chi connectivity index (χ1v) is 6.49. The van der Waals surface area contributed by atoms with E-state index >= 15 is 0 Å². The van der Waals surface area contributed by atoms with Crippen LogP contribution in [0.3, 0.4) is 0 Å². The summed E-state index contributed by atoms with van der Waals surface area (Å²) in [4.78, 5) is 21.2. The largest absolute Gasteiger partial charge is 0.363 e. The Morgan fingerprint density at radius 1 is 1.00 bits per heavy atom. The summed E-state index contributed by atoms with van der Waals surface area (Å²) in [7, 11) is 0. The van der Waals surface area contributed by atoms with Crippen molar-refractivity contribution < 1.29 is 4.79 Å². The molecule has 0 unspecified atom stereocenters. The predicted molar refractivity (Wildman–Crippen MR) is 81.9 cm³/mol. The van der Waals surface area contributed by atoms with Gasteiger partial charge in [-0.05, 0) is 6.07 Å². The van der Waals surface area contributed by atoms with Crippen molar-refractivity contribution in [3.63, 3.8) is 0 Å². The van der Waals surface area contributed by atoms with Crippen LogP contribution in [0.15, 0.2) is 55.1 Å². The highest BCUT2D eigenvalue weighted by Crippen LogP contribution is 2.08. The maximum atomic E-state index is 10.7. The Morgan fingerprint density at radius 2 is 1.68 bits per heavy atom. The molecule has 7 nitrogen and oxygen atoms in total. The molecule has 22 heavy (non-hydrogen) atoms. The second-order valence-corrected chi connectivity index (χ2v) is 4.45. The number of aromatic amines is 1. The lowest BCUT2D eigenvalue weighted by Gasteiger charge is -1.92. The second kappa shape index (κ2) is 5.96. The number of primary amides is 1. The third-order valence-corrected chi connectivity index (χ3v) is 2.97. The van der Waals surface area contributed by atoms with Gasteiger partial charge in [-0.15, -0.1) is 0 Å². The maximum absolute atomic E-state index is 10.7. The number of nitrogens with one attached hydrogen (secondary N) is 1. The van der Waals surface area contributed by atoms with Crippen LogP contribution in [0.2, 0.25) is 0 Å². The highest BCUT2D eigenvalue weighted by Gasteiger charge is 2.04. The Morgan fingerprint density at radius 3 is 2.32 bits per heavy atom. The molecule has 0 aliphatic rings. The number of H-pyrrole nitrogens is 1. The highest BCUT2D eigenvalue weighted by molar-refractivity contribution is 5.90. The van der Waals surface area contributed by atoms with Gasteiger partial charge in [0.15, 0.2) is 0 Å². The topological polar surface area (TPSA) is 110 Å². The molecule has 3 heterocycles. The summed E-state index contributed by atoms with van der Waals surface area (Å²) in [5.41, 5.74) is 6.48. The summed E-state index contributed by atoms with van der Waals surface area (Å²) < 4.78 is 0. The van der Waals surface area contributed by atoms with E-state index in [1.807, 2.05) is 24.3 Å². The Labute approximate surface area is 125 Å². The first-order valence-electron chi connectivity index (χ1n) is 6.49. The number of nitrogens with zero attached hydrogens (tertiary/aromatic N) is 4. The molecule has 0 saturated heterocycles. The van der Waals surface area contributed by atoms with Gasteiger partial charge in [0, 0.05) is 17.0 Å². The van der Waals surface area contributed by atoms with Crippen molar-refractivity contribution in [3.8, 4) is 0 Å². The number of rotatable bonds is 1. The van der Waals surface area contributed by atoms with E-state index in [9.17, 15) is 4.79 Å². The van der Waals surface area contributed by atoms with Crippen LogP contribution < -0.4 is 5.73 Å². The molecule has 0 aliphatic heterocycles. The average molecular weight is 292 g/mol. The van der Waals surface area contributed by atoms with Gasteiger partial charge in [-0.2, -0.15) is 10.2 Å². The van der Waals surface area contributed by atoms with Crippen LogP contribution in [0.4, 0.5) is 0 Å². The van der Waals surface area contributed by atoms with Crippen molar-refractivity contribution >= 4 is 27.7 Å². The molecule has 0 bridgehead atoms. The van der Waals surface area contributed by atoms with Crippen molar-refractivity contribution in [2.45, 2.75) is 0 Å². The van der Waals surface area contributed by atoms with Gasteiger partial charge in [0.25, 0.3) is 5.91 Å². The molecule has 0 saturated carbocycles. The zero-order valence-electron chi connectivity index (χ0n) is 11.5. The normalized spacial score (nSPS) is 10.2. The van der Waals surface area contributed by atoms with Gasteiger partial charge in [0.2, 0.25) is 5.82 Å². The maximum Gasteiger partial charge on any atom is 0.286 e. The minimum absolute atomic E-state index is 0.0436. The summed E-state index contributed by atoms with van der Waals surface area (Å²) in [6, 6.07) is 9.77. The van der Waals surface area contributed by atoms with E-state index in [0.717, 1.165) is 16.3 Å². The molecule has 1 aromatic carbocycles. The number of carbonyl (C=O) groups excluding carboxylic acids is 1. The van der Waals surface area contributed by atoms with E-state index in [1.54, 1.807) is 24.7 Å². The summed E-state index contributed by atoms with van der Waals surface area (Å²) in [5.74, 6) is -0.569. The predicted octanol–water partition coefficient (Wildman–Crippen LogP) is 1.69. The number of hydrogen-bond donors (Lipinski definition) is 2. The Balaban J connectivity index is 0.000000133. The standard InChI is InChI=1S/C8H6N2.C7H6N4O/c1-2-4-8-6-10-9-5-7(8)3-1;8-6(12)7-10-3-5-4(11-7)1-2-9-5/h1-6H;1-3,9H,(H2,8,12). The minimum Gasteiger partial charge on any atom is -0.363 e. The molecule has 0 fully saturated rings. The van der Waals surface area contributed by atoms with Crippen LogP contribution in [0.5, 0.6) is 0 Å². The number of fused-ring (bicyclic) bond motifs is 2. The van der Waals surface area contributed by atoms with Gasteiger partial charge in [-0.25, -0.2) is 9.97 Å².